The lowest BCUT2D eigenvalue weighted by atomic mass is 10.0. The van der Waals surface area contributed by atoms with Gasteiger partial charge in [0.1, 0.15) is 6.67 Å². The zero-order chi connectivity index (χ0) is 9.10. The molecule has 2 rings (SSSR count). The maximum atomic E-state index is 11.9. The lowest BCUT2D eigenvalue weighted by molar-refractivity contribution is 0.560. The van der Waals surface area contributed by atoms with Gasteiger partial charge in [0.05, 0.1) is 0 Å². The van der Waals surface area contributed by atoms with Crippen LogP contribution in [0.15, 0.2) is 36.4 Å². The van der Waals surface area contributed by atoms with E-state index in [4.69, 9.17) is 0 Å². The van der Waals surface area contributed by atoms with E-state index in [9.17, 15) is 4.39 Å². The summed E-state index contributed by atoms with van der Waals surface area (Å²) in [5.74, 6) is 0.239. The van der Waals surface area contributed by atoms with Crippen molar-refractivity contribution >= 4 is 6.08 Å². The third kappa shape index (κ3) is 1.55. The second-order valence-corrected chi connectivity index (χ2v) is 3.01. The van der Waals surface area contributed by atoms with Crippen LogP contribution >= 0.6 is 0 Å². The van der Waals surface area contributed by atoms with E-state index in [0.29, 0.717) is 0 Å². The molecule has 1 unspecified atom stereocenters. The average Bonchev–Trinajstić information content (AvgIpc) is 2.58. The smallest absolute Gasteiger partial charge is 0.108 e. The summed E-state index contributed by atoms with van der Waals surface area (Å²) in [5, 5.41) is 0. The molecule has 1 aliphatic rings. The number of fused-ring (bicyclic) bond motifs is 1. The van der Waals surface area contributed by atoms with E-state index in [2.05, 4.69) is 18.2 Å². The molecule has 1 aliphatic carbocycles. The topological polar surface area (TPSA) is 0 Å². The Balaban J connectivity index is 2.28. The number of allylic oxidation sites excluding steroid dienone is 3. The molecule has 1 aromatic carbocycles. The Morgan fingerprint density at radius 2 is 2.46 bits per heavy atom. The van der Waals surface area contributed by atoms with E-state index in [1.54, 1.807) is 6.08 Å². The highest BCUT2D eigenvalue weighted by Crippen LogP contribution is 2.30. The standard InChI is InChI=1S/C12H10F/c13-9-3-5-11-8-7-10-4-1-2-6-12(10)11/h1-3,5-8,11H,9H2. The van der Waals surface area contributed by atoms with Crippen LogP contribution in [0.5, 0.6) is 0 Å². The lowest BCUT2D eigenvalue weighted by Crippen LogP contribution is -1.88. The van der Waals surface area contributed by atoms with Crippen LogP contribution in [0.25, 0.3) is 6.08 Å². The summed E-state index contributed by atoms with van der Waals surface area (Å²) in [5.41, 5.74) is 2.34. The number of hydrogen-bond acceptors (Lipinski definition) is 0. The zero-order valence-corrected chi connectivity index (χ0v) is 7.20. The van der Waals surface area contributed by atoms with Crippen molar-refractivity contribution in [2.45, 2.75) is 5.92 Å². The van der Waals surface area contributed by atoms with Crippen LogP contribution < -0.4 is 0 Å². The first kappa shape index (κ1) is 8.24. The van der Waals surface area contributed by atoms with Crippen LogP contribution in [0.2, 0.25) is 0 Å². The van der Waals surface area contributed by atoms with Gasteiger partial charge in [-0.05, 0) is 17.2 Å². The Morgan fingerprint density at radius 1 is 1.54 bits per heavy atom. The van der Waals surface area contributed by atoms with Crippen LogP contribution in [0, 0.1) is 6.07 Å². The van der Waals surface area contributed by atoms with E-state index in [-0.39, 0.29) is 5.92 Å². The van der Waals surface area contributed by atoms with E-state index < -0.39 is 6.67 Å². The van der Waals surface area contributed by atoms with E-state index in [0.717, 1.165) is 5.56 Å². The second kappa shape index (κ2) is 3.56. The SMILES string of the molecule is FCC=CC1C=Cc2[c]cccc21. The van der Waals surface area contributed by atoms with Crippen molar-refractivity contribution in [3.63, 3.8) is 0 Å². The van der Waals surface area contributed by atoms with Gasteiger partial charge in [-0.2, -0.15) is 0 Å². The maximum absolute atomic E-state index is 11.9. The predicted octanol–water partition coefficient (Wildman–Crippen LogP) is 3.12. The molecule has 65 valence electrons. The van der Waals surface area contributed by atoms with Gasteiger partial charge in [0.25, 0.3) is 0 Å². The fourth-order valence-electron chi connectivity index (χ4n) is 1.57. The summed E-state index contributed by atoms with van der Waals surface area (Å²) in [6.45, 7) is -0.393. The van der Waals surface area contributed by atoms with Crippen LogP contribution in [0.4, 0.5) is 4.39 Å². The van der Waals surface area contributed by atoms with Crippen LogP contribution in [-0.4, -0.2) is 6.67 Å². The number of hydrogen-bond donors (Lipinski definition) is 0. The Morgan fingerprint density at radius 3 is 3.31 bits per heavy atom. The first-order valence-electron chi connectivity index (χ1n) is 4.33. The van der Waals surface area contributed by atoms with E-state index in [1.165, 1.54) is 5.56 Å². The highest BCUT2D eigenvalue weighted by atomic mass is 19.1. The van der Waals surface area contributed by atoms with Gasteiger partial charge < -0.3 is 0 Å². The Labute approximate surface area is 77.4 Å². The van der Waals surface area contributed by atoms with Gasteiger partial charge in [-0.15, -0.1) is 0 Å². The molecular formula is C12H10F. The molecule has 0 aliphatic heterocycles. The maximum Gasteiger partial charge on any atom is 0.108 e. The normalized spacial score (nSPS) is 19.6. The van der Waals surface area contributed by atoms with Crippen LogP contribution in [-0.2, 0) is 0 Å². The minimum Gasteiger partial charge on any atom is -0.247 e. The van der Waals surface area contributed by atoms with Gasteiger partial charge in [0, 0.05) is 5.92 Å². The summed E-state index contributed by atoms with van der Waals surface area (Å²) in [6, 6.07) is 9.05. The number of halogens is 1. The highest BCUT2D eigenvalue weighted by molar-refractivity contribution is 5.63. The quantitative estimate of drug-likeness (QED) is 0.603. The minimum absolute atomic E-state index is 0.239. The average molecular weight is 173 g/mol. The molecule has 0 bridgehead atoms. The third-order valence-corrected chi connectivity index (χ3v) is 2.18. The van der Waals surface area contributed by atoms with Crippen molar-refractivity contribution in [2.75, 3.05) is 6.67 Å². The summed E-state index contributed by atoms with van der Waals surface area (Å²) in [7, 11) is 0. The molecular weight excluding hydrogens is 163 g/mol. The first-order valence-corrected chi connectivity index (χ1v) is 4.33. The Kier molecular flexibility index (Phi) is 2.26. The Hall–Kier alpha value is -1.37. The van der Waals surface area contributed by atoms with Gasteiger partial charge in [-0.1, -0.05) is 42.5 Å². The van der Waals surface area contributed by atoms with Gasteiger partial charge in [0.15, 0.2) is 0 Å². The van der Waals surface area contributed by atoms with Crippen molar-refractivity contribution in [2.24, 2.45) is 0 Å². The molecule has 13 heavy (non-hydrogen) atoms. The Bertz CT molecular complexity index is 350. The summed E-state index contributed by atoms with van der Waals surface area (Å²) >= 11 is 0. The lowest BCUT2D eigenvalue weighted by Gasteiger charge is -2.03. The molecule has 0 N–H and O–H groups in total. The molecule has 0 amide bonds. The molecule has 0 aromatic heterocycles. The number of rotatable bonds is 2. The van der Waals surface area contributed by atoms with Crippen LogP contribution in [0.3, 0.4) is 0 Å². The minimum atomic E-state index is -0.393. The molecule has 0 nitrogen and oxygen atoms in total. The van der Waals surface area contributed by atoms with Crippen molar-refractivity contribution in [1.82, 2.24) is 0 Å². The van der Waals surface area contributed by atoms with Gasteiger partial charge in [-0.3, -0.25) is 0 Å². The van der Waals surface area contributed by atoms with Crippen molar-refractivity contribution < 1.29 is 4.39 Å². The predicted molar refractivity (Wildman–Crippen MR) is 52.2 cm³/mol. The van der Waals surface area contributed by atoms with Crippen molar-refractivity contribution in [1.29, 1.82) is 0 Å². The number of benzene rings is 1. The van der Waals surface area contributed by atoms with Gasteiger partial charge >= 0.3 is 0 Å². The van der Waals surface area contributed by atoms with E-state index in [1.807, 2.05) is 24.3 Å². The zero-order valence-electron chi connectivity index (χ0n) is 7.20. The first-order chi connectivity index (χ1) is 6.42. The van der Waals surface area contributed by atoms with Gasteiger partial charge in [0.2, 0.25) is 0 Å². The molecule has 1 atom stereocenters. The van der Waals surface area contributed by atoms with Crippen molar-refractivity contribution in [3.05, 3.63) is 53.6 Å². The molecule has 0 saturated heterocycles. The number of alkyl halides is 1. The molecule has 0 saturated carbocycles. The molecule has 1 aromatic rings. The molecule has 0 spiro atoms. The third-order valence-electron chi connectivity index (χ3n) is 2.18. The van der Waals surface area contributed by atoms with Crippen molar-refractivity contribution in [3.8, 4) is 0 Å². The molecule has 0 heterocycles. The largest absolute Gasteiger partial charge is 0.247 e. The summed E-state index contributed by atoms with van der Waals surface area (Å²) in [4.78, 5) is 0. The van der Waals surface area contributed by atoms with Crippen LogP contribution in [0.1, 0.15) is 17.0 Å². The van der Waals surface area contributed by atoms with Gasteiger partial charge in [-0.25, -0.2) is 4.39 Å². The fraction of sp³-hybridized carbons (Fsp3) is 0.167. The highest BCUT2D eigenvalue weighted by Gasteiger charge is 2.12. The molecule has 0 fully saturated rings. The summed E-state index contributed by atoms with van der Waals surface area (Å²) in [6.07, 6.45) is 7.53. The summed E-state index contributed by atoms with van der Waals surface area (Å²) < 4.78 is 11.9. The monoisotopic (exact) mass is 173 g/mol. The van der Waals surface area contributed by atoms with E-state index >= 15 is 0 Å². The second-order valence-electron chi connectivity index (χ2n) is 3.01. The molecule has 1 radical (unpaired) electrons. The fourth-order valence-corrected chi connectivity index (χ4v) is 1.57. The molecule has 1 heteroatoms.